The number of hydrogen-bond donors (Lipinski definition) is 1. The van der Waals surface area contributed by atoms with Crippen LogP contribution in [0.3, 0.4) is 0 Å². The summed E-state index contributed by atoms with van der Waals surface area (Å²) in [5.41, 5.74) is 2.24. The van der Waals surface area contributed by atoms with Crippen LogP contribution in [-0.2, 0) is 11.2 Å². The maximum Gasteiger partial charge on any atom is 0.224 e. The molecule has 30 heavy (non-hydrogen) atoms. The number of carbonyl (C=O) groups excluding carboxylic acids is 1. The number of nitrogens with zero attached hydrogens (tertiary/aromatic N) is 1. The summed E-state index contributed by atoms with van der Waals surface area (Å²) in [5.74, 6) is 2.12. The number of rotatable bonds is 8. The van der Waals surface area contributed by atoms with Crippen LogP contribution in [0, 0.1) is 5.92 Å². The fourth-order valence-corrected chi connectivity index (χ4v) is 4.29. The number of ether oxygens (including phenoxy) is 2. The van der Waals surface area contributed by atoms with E-state index in [2.05, 4.69) is 29.4 Å². The van der Waals surface area contributed by atoms with E-state index in [-0.39, 0.29) is 12.0 Å². The molecule has 1 fully saturated rings. The van der Waals surface area contributed by atoms with E-state index < -0.39 is 0 Å². The van der Waals surface area contributed by atoms with Crippen molar-refractivity contribution in [3.63, 3.8) is 0 Å². The highest BCUT2D eigenvalue weighted by Crippen LogP contribution is 2.35. The Kier molecular flexibility index (Phi) is 7.75. The zero-order valence-corrected chi connectivity index (χ0v) is 18.6. The number of piperidine rings is 1. The Morgan fingerprint density at radius 1 is 1.17 bits per heavy atom. The van der Waals surface area contributed by atoms with Gasteiger partial charge in [0.25, 0.3) is 0 Å². The second-order valence-corrected chi connectivity index (χ2v) is 8.40. The van der Waals surface area contributed by atoms with Gasteiger partial charge in [0.1, 0.15) is 11.5 Å². The van der Waals surface area contributed by atoms with Gasteiger partial charge in [-0.2, -0.15) is 0 Å². The molecule has 0 saturated carbocycles. The van der Waals surface area contributed by atoms with E-state index in [9.17, 15) is 4.79 Å². The lowest BCUT2D eigenvalue weighted by Crippen LogP contribution is -2.42. The minimum atomic E-state index is 0.0541. The quantitative estimate of drug-likeness (QED) is 0.708. The molecule has 0 bridgehead atoms. The number of carbonyl (C=O) groups is 1. The third-order valence-electron chi connectivity index (χ3n) is 5.66. The second-order valence-electron chi connectivity index (χ2n) is 8.40. The molecule has 2 aromatic rings. The molecule has 1 aliphatic heterocycles. The van der Waals surface area contributed by atoms with E-state index >= 15 is 0 Å². The predicted octanol–water partition coefficient (Wildman–Crippen LogP) is 4.22. The normalized spacial score (nSPS) is 19.5. The van der Waals surface area contributed by atoms with Crippen LogP contribution in [-0.4, -0.2) is 44.2 Å². The molecule has 1 saturated heterocycles. The maximum absolute atomic E-state index is 12.6. The molecule has 1 N–H and O–H groups in total. The smallest absolute Gasteiger partial charge is 0.224 e. The van der Waals surface area contributed by atoms with Gasteiger partial charge < -0.3 is 14.8 Å². The molecule has 162 valence electrons. The maximum atomic E-state index is 12.6. The van der Waals surface area contributed by atoms with E-state index in [0.29, 0.717) is 24.9 Å². The summed E-state index contributed by atoms with van der Waals surface area (Å²) < 4.78 is 11.0. The molecule has 5 nitrogen and oxygen atoms in total. The average molecular weight is 411 g/mol. The van der Waals surface area contributed by atoms with Crippen LogP contribution in [0.1, 0.15) is 43.9 Å². The van der Waals surface area contributed by atoms with Crippen LogP contribution in [0.4, 0.5) is 0 Å². The standard InChI is InChI=1S/C25H34N2O3/c1-18(2)30-23-9-5-7-19(15-23)16-24(28)26-17-21-8-6-14-27(3)25(21)20-10-12-22(29-4)13-11-20/h5,7,9-13,15,18,21,25H,6,8,14,16-17H2,1-4H3,(H,26,28). The fraction of sp³-hybridized carbons (Fsp3) is 0.480. The van der Waals surface area contributed by atoms with Crippen LogP contribution < -0.4 is 14.8 Å². The first-order valence-electron chi connectivity index (χ1n) is 10.8. The highest BCUT2D eigenvalue weighted by Gasteiger charge is 2.30. The molecule has 2 aromatic carbocycles. The minimum Gasteiger partial charge on any atom is -0.497 e. The SMILES string of the molecule is COc1ccc(C2C(CNC(=O)Cc3cccc(OC(C)C)c3)CCCN2C)cc1. The van der Waals surface area contributed by atoms with Crippen LogP contribution in [0.15, 0.2) is 48.5 Å². The molecule has 2 atom stereocenters. The van der Waals surface area contributed by atoms with E-state index in [1.54, 1.807) is 7.11 Å². The van der Waals surface area contributed by atoms with Gasteiger partial charge in [-0.3, -0.25) is 9.69 Å². The Hall–Kier alpha value is -2.53. The van der Waals surface area contributed by atoms with Gasteiger partial charge >= 0.3 is 0 Å². The van der Waals surface area contributed by atoms with E-state index in [0.717, 1.165) is 36.4 Å². The first kappa shape index (κ1) is 22.2. The van der Waals surface area contributed by atoms with E-state index in [1.165, 1.54) is 5.56 Å². The van der Waals surface area contributed by atoms with Crippen LogP contribution >= 0.6 is 0 Å². The van der Waals surface area contributed by atoms with Gasteiger partial charge in [-0.1, -0.05) is 24.3 Å². The van der Waals surface area contributed by atoms with Crippen molar-refractivity contribution < 1.29 is 14.3 Å². The zero-order valence-electron chi connectivity index (χ0n) is 18.6. The van der Waals surface area contributed by atoms with Gasteiger partial charge in [-0.15, -0.1) is 0 Å². The molecule has 5 heteroatoms. The monoisotopic (exact) mass is 410 g/mol. The van der Waals surface area contributed by atoms with Crippen molar-refractivity contribution in [2.75, 3.05) is 27.2 Å². The Balaban J connectivity index is 1.60. The van der Waals surface area contributed by atoms with Gasteiger partial charge in [0, 0.05) is 12.6 Å². The highest BCUT2D eigenvalue weighted by atomic mass is 16.5. The third-order valence-corrected chi connectivity index (χ3v) is 5.66. The summed E-state index contributed by atoms with van der Waals surface area (Å²) in [6, 6.07) is 16.4. The van der Waals surface area contributed by atoms with Crippen molar-refractivity contribution in [2.24, 2.45) is 5.92 Å². The van der Waals surface area contributed by atoms with Crippen molar-refractivity contribution in [1.29, 1.82) is 0 Å². The summed E-state index contributed by atoms with van der Waals surface area (Å²) in [4.78, 5) is 15.0. The predicted molar refractivity (Wildman–Crippen MR) is 120 cm³/mol. The molecular formula is C25H34N2O3. The third kappa shape index (κ3) is 5.99. The molecule has 2 unspecified atom stereocenters. The molecule has 0 spiro atoms. The van der Waals surface area contributed by atoms with Gasteiger partial charge in [0.2, 0.25) is 5.91 Å². The summed E-state index contributed by atoms with van der Waals surface area (Å²) in [7, 11) is 3.85. The summed E-state index contributed by atoms with van der Waals surface area (Å²) in [6.07, 6.45) is 2.75. The number of hydrogen-bond acceptors (Lipinski definition) is 4. The van der Waals surface area contributed by atoms with E-state index in [1.807, 2.05) is 50.2 Å². The van der Waals surface area contributed by atoms with Gasteiger partial charge in [0.05, 0.1) is 19.6 Å². The van der Waals surface area contributed by atoms with Crippen LogP contribution in [0.2, 0.25) is 0 Å². The van der Waals surface area contributed by atoms with Crippen molar-refractivity contribution in [3.05, 3.63) is 59.7 Å². The zero-order chi connectivity index (χ0) is 21.5. The number of likely N-dealkylation sites (tertiary alicyclic amines) is 1. The molecule has 1 aliphatic rings. The molecule has 3 rings (SSSR count). The van der Waals surface area contributed by atoms with Gasteiger partial charge in [-0.25, -0.2) is 0 Å². The highest BCUT2D eigenvalue weighted by molar-refractivity contribution is 5.78. The first-order chi connectivity index (χ1) is 14.5. The molecule has 0 aromatic heterocycles. The van der Waals surface area contributed by atoms with Crippen LogP contribution in [0.5, 0.6) is 11.5 Å². The van der Waals surface area contributed by atoms with Gasteiger partial charge in [-0.05, 0) is 81.6 Å². The van der Waals surface area contributed by atoms with Crippen molar-refractivity contribution in [3.8, 4) is 11.5 Å². The average Bonchev–Trinajstić information content (AvgIpc) is 2.72. The van der Waals surface area contributed by atoms with E-state index in [4.69, 9.17) is 9.47 Å². The van der Waals surface area contributed by atoms with Crippen molar-refractivity contribution in [1.82, 2.24) is 10.2 Å². The van der Waals surface area contributed by atoms with Crippen molar-refractivity contribution in [2.45, 2.75) is 45.3 Å². The lowest BCUT2D eigenvalue weighted by molar-refractivity contribution is -0.120. The van der Waals surface area contributed by atoms with Crippen molar-refractivity contribution >= 4 is 5.91 Å². The Labute approximate surface area is 180 Å². The molecule has 0 aliphatic carbocycles. The number of benzene rings is 2. The topological polar surface area (TPSA) is 50.8 Å². The molecular weight excluding hydrogens is 376 g/mol. The Bertz CT molecular complexity index is 819. The summed E-state index contributed by atoms with van der Waals surface area (Å²) in [5, 5.41) is 3.17. The fourth-order valence-electron chi connectivity index (χ4n) is 4.29. The number of methoxy groups -OCH3 is 1. The molecule has 1 amide bonds. The first-order valence-corrected chi connectivity index (χ1v) is 10.8. The lowest BCUT2D eigenvalue weighted by Gasteiger charge is -2.39. The Morgan fingerprint density at radius 3 is 2.63 bits per heavy atom. The minimum absolute atomic E-state index is 0.0541. The summed E-state index contributed by atoms with van der Waals surface area (Å²) >= 11 is 0. The lowest BCUT2D eigenvalue weighted by atomic mass is 9.85. The number of nitrogens with one attached hydrogen (secondary N) is 1. The summed E-state index contributed by atoms with van der Waals surface area (Å²) in [6.45, 7) is 5.76. The number of amides is 1. The Morgan fingerprint density at radius 2 is 1.93 bits per heavy atom. The molecule has 1 heterocycles. The largest absolute Gasteiger partial charge is 0.497 e. The second kappa shape index (κ2) is 10.5. The van der Waals surface area contributed by atoms with Crippen LogP contribution in [0.25, 0.3) is 0 Å². The molecule has 0 radical (unpaired) electrons. The van der Waals surface area contributed by atoms with Gasteiger partial charge in [0.15, 0.2) is 0 Å².